The molecule has 0 aromatic heterocycles. The third-order valence-electron chi connectivity index (χ3n) is 2.38. The van der Waals surface area contributed by atoms with Crippen molar-refractivity contribution in [1.82, 2.24) is 0 Å². The summed E-state index contributed by atoms with van der Waals surface area (Å²) >= 11 is 12.2. The molecule has 1 aromatic rings. The molecule has 0 saturated heterocycles. The van der Waals surface area contributed by atoms with Gasteiger partial charge in [0.2, 0.25) is 0 Å². The summed E-state index contributed by atoms with van der Waals surface area (Å²) in [6.07, 6.45) is -2.24. The first-order valence-electron chi connectivity index (χ1n) is 5.48. The molecule has 2 atom stereocenters. The highest BCUT2D eigenvalue weighted by Gasteiger charge is 2.27. The summed E-state index contributed by atoms with van der Waals surface area (Å²) in [7, 11) is 1.48. The number of carbonyl (C=O) groups is 1. The van der Waals surface area contributed by atoms with Gasteiger partial charge in [0.1, 0.15) is 19.0 Å². The maximum atomic E-state index is 10.8. The second-order valence-electron chi connectivity index (χ2n) is 3.77. The molecule has 2 N–H and O–H groups in total. The Morgan fingerprint density at radius 3 is 2.42 bits per heavy atom. The van der Waals surface area contributed by atoms with Crippen LogP contribution in [0.15, 0.2) is 18.2 Å². The summed E-state index contributed by atoms with van der Waals surface area (Å²) in [4.78, 5) is 10.8. The van der Waals surface area contributed by atoms with Crippen molar-refractivity contribution in [3.63, 3.8) is 0 Å². The van der Waals surface area contributed by atoms with Crippen LogP contribution in [0, 0.1) is 0 Å². The minimum Gasteiger partial charge on any atom is -0.444 e. The number of amides is 1. The highest BCUT2D eigenvalue weighted by molar-refractivity contribution is 6.36. The van der Waals surface area contributed by atoms with Crippen molar-refractivity contribution in [3.05, 3.63) is 33.8 Å². The van der Waals surface area contributed by atoms with Gasteiger partial charge in [0.05, 0.1) is 0 Å². The van der Waals surface area contributed by atoms with Gasteiger partial charge in [-0.2, -0.15) is 0 Å². The first-order chi connectivity index (χ1) is 8.97. The number of hydrogen-bond donors (Lipinski definition) is 1. The normalized spacial score (nSPS) is 13.9. The van der Waals surface area contributed by atoms with Crippen LogP contribution in [0.3, 0.4) is 0 Å². The number of nitrogens with two attached hydrogens (primary N) is 1. The van der Waals surface area contributed by atoms with Crippen LogP contribution in [-0.2, 0) is 14.2 Å². The van der Waals surface area contributed by atoms with Gasteiger partial charge in [-0.05, 0) is 19.1 Å². The monoisotopic (exact) mass is 307 g/mol. The predicted octanol–water partition coefficient (Wildman–Crippen LogP) is 3.14. The first kappa shape index (κ1) is 16.0. The van der Waals surface area contributed by atoms with E-state index in [-0.39, 0.29) is 6.79 Å². The summed E-state index contributed by atoms with van der Waals surface area (Å²) in [5, 5.41) is 0.821. The van der Waals surface area contributed by atoms with Crippen molar-refractivity contribution in [2.24, 2.45) is 5.73 Å². The number of primary amides is 1. The zero-order chi connectivity index (χ0) is 14.4. The fourth-order valence-electron chi connectivity index (χ4n) is 1.62. The number of rotatable bonds is 6. The summed E-state index contributed by atoms with van der Waals surface area (Å²) in [6, 6.07) is 5.05. The van der Waals surface area contributed by atoms with Crippen LogP contribution < -0.4 is 5.73 Å². The highest BCUT2D eigenvalue weighted by atomic mass is 35.5. The van der Waals surface area contributed by atoms with Crippen LogP contribution in [0.5, 0.6) is 0 Å². The number of ether oxygens (including phenoxy) is 3. The number of hydrogen-bond acceptors (Lipinski definition) is 4. The smallest absolute Gasteiger partial charge is 0.404 e. The summed E-state index contributed by atoms with van der Waals surface area (Å²) < 4.78 is 15.2. The summed E-state index contributed by atoms with van der Waals surface area (Å²) in [5.41, 5.74) is 5.52. The maximum Gasteiger partial charge on any atom is 0.404 e. The van der Waals surface area contributed by atoms with E-state index in [0.29, 0.717) is 15.6 Å². The van der Waals surface area contributed by atoms with E-state index in [4.69, 9.17) is 43.1 Å². The molecule has 0 heterocycles. The van der Waals surface area contributed by atoms with Crippen LogP contribution in [0.1, 0.15) is 18.6 Å². The third-order valence-corrected chi connectivity index (χ3v) is 3.04. The van der Waals surface area contributed by atoms with Crippen molar-refractivity contribution < 1.29 is 19.0 Å². The summed E-state index contributed by atoms with van der Waals surface area (Å²) in [5.74, 6) is 0. The Morgan fingerprint density at radius 1 is 1.37 bits per heavy atom. The van der Waals surface area contributed by atoms with Gasteiger partial charge in [0.25, 0.3) is 0 Å². The lowest BCUT2D eigenvalue weighted by Gasteiger charge is -2.25. The van der Waals surface area contributed by atoms with Gasteiger partial charge >= 0.3 is 6.09 Å². The Labute approximate surface area is 121 Å². The Kier molecular flexibility index (Phi) is 6.37. The highest BCUT2D eigenvalue weighted by Crippen LogP contribution is 2.35. The molecule has 0 aliphatic heterocycles. The lowest BCUT2D eigenvalue weighted by molar-refractivity contribution is -0.111. The Morgan fingerprint density at radius 2 is 1.95 bits per heavy atom. The zero-order valence-electron chi connectivity index (χ0n) is 10.6. The minimum atomic E-state index is -0.901. The topological polar surface area (TPSA) is 70.8 Å². The molecule has 7 heteroatoms. The molecule has 0 spiro atoms. The predicted molar refractivity (Wildman–Crippen MR) is 72.3 cm³/mol. The Hall–Kier alpha value is -1.01. The second kappa shape index (κ2) is 7.55. The van der Waals surface area contributed by atoms with Crippen molar-refractivity contribution in [3.8, 4) is 0 Å². The van der Waals surface area contributed by atoms with Gasteiger partial charge < -0.3 is 19.9 Å². The molecule has 5 nitrogen and oxygen atoms in total. The van der Waals surface area contributed by atoms with Crippen LogP contribution >= 0.6 is 23.2 Å². The number of carbonyl (C=O) groups excluding carboxylic acids is 1. The molecular formula is C12H15Cl2NO4. The first-order valence-corrected chi connectivity index (χ1v) is 6.23. The Balaban J connectivity index is 3.04. The van der Waals surface area contributed by atoms with Crippen LogP contribution in [0.25, 0.3) is 0 Å². The van der Waals surface area contributed by atoms with E-state index < -0.39 is 18.3 Å². The maximum absolute atomic E-state index is 10.8. The largest absolute Gasteiger partial charge is 0.444 e. The molecule has 1 amide bonds. The Bertz CT molecular complexity index is 421. The molecule has 106 valence electrons. The lowest BCUT2D eigenvalue weighted by Crippen LogP contribution is -2.28. The molecule has 0 aliphatic carbocycles. The average Bonchev–Trinajstić information content (AvgIpc) is 2.31. The van der Waals surface area contributed by atoms with Crippen molar-refractivity contribution in [2.45, 2.75) is 19.1 Å². The average molecular weight is 308 g/mol. The minimum absolute atomic E-state index is 0.00131. The molecular weight excluding hydrogens is 293 g/mol. The van der Waals surface area contributed by atoms with Crippen molar-refractivity contribution in [2.75, 3.05) is 13.9 Å². The molecule has 2 unspecified atom stereocenters. The van der Waals surface area contributed by atoms with E-state index in [2.05, 4.69) is 0 Å². The molecule has 0 saturated carbocycles. The molecule has 0 fully saturated rings. The molecule has 19 heavy (non-hydrogen) atoms. The number of benzene rings is 1. The number of methoxy groups -OCH3 is 1. The molecule has 0 radical (unpaired) electrons. The third kappa shape index (κ3) is 4.54. The lowest BCUT2D eigenvalue weighted by atomic mass is 10.0. The van der Waals surface area contributed by atoms with E-state index in [0.717, 1.165) is 0 Å². The van der Waals surface area contributed by atoms with E-state index in [1.54, 1.807) is 25.1 Å². The van der Waals surface area contributed by atoms with Gasteiger partial charge in [-0.3, -0.25) is 0 Å². The van der Waals surface area contributed by atoms with Crippen LogP contribution in [0.4, 0.5) is 4.79 Å². The fraction of sp³-hybridized carbons (Fsp3) is 0.417. The van der Waals surface area contributed by atoms with Gasteiger partial charge in [-0.1, -0.05) is 29.3 Å². The molecule has 1 aromatic carbocycles. The van der Waals surface area contributed by atoms with Crippen molar-refractivity contribution in [1.29, 1.82) is 0 Å². The fourth-order valence-corrected chi connectivity index (χ4v) is 2.23. The quantitative estimate of drug-likeness (QED) is 0.820. The SMILES string of the molecule is COCOC(c1c(Cl)cccc1Cl)C(C)OC(N)=O. The van der Waals surface area contributed by atoms with Gasteiger partial charge in [-0.25, -0.2) is 4.79 Å². The second-order valence-corrected chi connectivity index (χ2v) is 4.59. The number of halogens is 2. The van der Waals surface area contributed by atoms with Crippen LogP contribution in [0.2, 0.25) is 10.0 Å². The van der Waals surface area contributed by atoms with Gasteiger partial charge in [0, 0.05) is 22.7 Å². The molecule has 0 aliphatic rings. The van der Waals surface area contributed by atoms with Gasteiger partial charge in [0.15, 0.2) is 0 Å². The van der Waals surface area contributed by atoms with E-state index in [1.807, 2.05) is 0 Å². The van der Waals surface area contributed by atoms with E-state index >= 15 is 0 Å². The van der Waals surface area contributed by atoms with Crippen molar-refractivity contribution >= 4 is 29.3 Å². The zero-order valence-corrected chi connectivity index (χ0v) is 12.1. The van der Waals surface area contributed by atoms with Gasteiger partial charge in [-0.15, -0.1) is 0 Å². The molecule has 1 rings (SSSR count). The van der Waals surface area contributed by atoms with E-state index in [1.165, 1.54) is 7.11 Å². The summed E-state index contributed by atoms with van der Waals surface area (Å²) in [6.45, 7) is 1.63. The molecule has 0 bridgehead atoms. The van der Waals surface area contributed by atoms with Crippen LogP contribution in [-0.4, -0.2) is 26.1 Å². The van der Waals surface area contributed by atoms with E-state index in [9.17, 15) is 4.79 Å². The standard InChI is InChI=1S/C12H15Cl2NO4/c1-7(19-12(15)16)11(18-6-17-2)10-8(13)4-3-5-9(10)14/h3-5,7,11H,6H2,1-2H3,(H2,15,16).